The van der Waals surface area contributed by atoms with Crippen LogP contribution in [-0.2, 0) is 16.0 Å². The first-order valence-corrected chi connectivity index (χ1v) is 9.90. The molecule has 0 bridgehead atoms. The molecular formula is C21H29FN2O2. The van der Waals surface area contributed by atoms with Crippen LogP contribution in [0, 0.1) is 11.7 Å². The van der Waals surface area contributed by atoms with E-state index in [2.05, 4.69) is 5.32 Å². The number of carbonyl (C=O) groups excluding carboxylic acids is 2. The van der Waals surface area contributed by atoms with Crippen molar-refractivity contribution in [3.05, 3.63) is 35.6 Å². The van der Waals surface area contributed by atoms with Gasteiger partial charge in [-0.3, -0.25) is 9.59 Å². The van der Waals surface area contributed by atoms with Gasteiger partial charge in [-0.15, -0.1) is 0 Å². The van der Waals surface area contributed by atoms with Crippen LogP contribution in [0.15, 0.2) is 24.3 Å². The number of likely N-dealkylation sites (tertiary alicyclic amines) is 1. The molecule has 1 aliphatic carbocycles. The summed E-state index contributed by atoms with van der Waals surface area (Å²) < 4.78 is 13.0. The second-order valence-electron chi connectivity index (χ2n) is 7.76. The lowest BCUT2D eigenvalue weighted by Crippen LogP contribution is -2.50. The first-order valence-electron chi connectivity index (χ1n) is 9.90. The minimum atomic E-state index is -0.333. The summed E-state index contributed by atoms with van der Waals surface area (Å²) >= 11 is 0. The zero-order valence-electron chi connectivity index (χ0n) is 15.5. The van der Waals surface area contributed by atoms with Crippen molar-refractivity contribution in [1.82, 2.24) is 10.2 Å². The van der Waals surface area contributed by atoms with Gasteiger partial charge in [0.25, 0.3) is 0 Å². The van der Waals surface area contributed by atoms with E-state index in [9.17, 15) is 14.0 Å². The predicted molar refractivity (Wildman–Crippen MR) is 99.0 cm³/mol. The Bertz CT molecular complexity index is 625. The first-order chi connectivity index (χ1) is 12.5. The van der Waals surface area contributed by atoms with Crippen LogP contribution in [0.4, 0.5) is 4.39 Å². The number of benzene rings is 1. The lowest BCUT2D eigenvalue weighted by molar-refractivity contribution is -0.141. The molecule has 1 N–H and O–H groups in total. The summed E-state index contributed by atoms with van der Waals surface area (Å²) in [5.74, 6) is -0.456. The summed E-state index contributed by atoms with van der Waals surface area (Å²) in [6, 6.07) is 6.21. The topological polar surface area (TPSA) is 49.4 Å². The van der Waals surface area contributed by atoms with Crippen molar-refractivity contribution in [2.45, 2.75) is 70.4 Å². The Morgan fingerprint density at radius 3 is 2.50 bits per heavy atom. The van der Waals surface area contributed by atoms with Crippen LogP contribution < -0.4 is 5.32 Å². The standard InChI is InChI=1S/C21H29FN2O2/c1-15(14-16-9-11-17(22)12-10-16)21(26)24-13-5-8-19(24)20(25)23-18-6-3-2-4-7-18/h9-12,15,18-19H,2-8,13-14H2,1H3,(H,23,25)/t15?,19-/m1/s1. The molecule has 0 aromatic heterocycles. The fraction of sp³-hybridized carbons (Fsp3) is 0.619. The summed E-state index contributed by atoms with van der Waals surface area (Å²) in [7, 11) is 0. The monoisotopic (exact) mass is 360 g/mol. The molecule has 1 saturated heterocycles. The number of nitrogens with one attached hydrogen (secondary N) is 1. The molecule has 0 radical (unpaired) electrons. The normalized spacial score (nSPS) is 22.2. The molecule has 1 unspecified atom stereocenters. The Labute approximate surface area is 155 Å². The van der Waals surface area contributed by atoms with Crippen LogP contribution >= 0.6 is 0 Å². The summed E-state index contributed by atoms with van der Waals surface area (Å²) in [6.45, 7) is 2.54. The van der Waals surface area contributed by atoms with Gasteiger partial charge in [0.15, 0.2) is 0 Å². The van der Waals surface area contributed by atoms with E-state index in [0.717, 1.165) is 31.2 Å². The SMILES string of the molecule is CC(Cc1ccc(F)cc1)C(=O)N1CCC[C@@H]1C(=O)NC1CCCCC1. The number of amides is 2. The van der Waals surface area contributed by atoms with E-state index >= 15 is 0 Å². The number of halogens is 1. The van der Waals surface area contributed by atoms with Crippen molar-refractivity contribution in [2.75, 3.05) is 6.54 Å². The molecule has 5 heteroatoms. The van der Waals surface area contributed by atoms with E-state index in [1.807, 2.05) is 6.92 Å². The van der Waals surface area contributed by atoms with Gasteiger partial charge >= 0.3 is 0 Å². The van der Waals surface area contributed by atoms with Crippen LogP contribution in [0.1, 0.15) is 57.4 Å². The van der Waals surface area contributed by atoms with Crippen LogP contribution in [0.3, 0.4) is 0 Å². The third-order valence-corrected chi connectivity index (χ3v) is 5.67. The predicted octanol–water partition coefficient (Wildman–Crippen LogP) is 3.44. The van der Waals surface area contributed by atoms with E-state index in [0.29, 0.717) is 13.0 Å². The van der Waals surface area contributed by atoms with Gasteiger partial charge < -0.3 is 10.2 Å². The molecule has 2 atom stereocenters. The summed E-state index contributed by atoms with van der Waals surface area (Å²) in [5, 5.41) is 3.17. The third kappa shape index (κ3) is 4.63. The van der Waals surface area contributed by atoms with Gasteiger partial charge in [0, 0.05) is 18.5 Å². The van der Waals surface area contributed by atoms with E-state index in [4.69, 9.17) is 0 Å². The highest BCUT2D eigenvalue weighted by atomic mass is 19.1. The molecule has 1 aromatic rings. The maximum atomic E-state index is 13.0. The van der Waals surface area contributed by atoms with Crippen LogP contribution in [0.5, 0.6) is 0 Å². The van der Waals surface area contributed by atoms with E-state index in [-0.39, 0.29) is 35.6 Å². The molecule has 26 heavy (non-hydrogen) atoms. The number of carbonyl (C=O) groups is 2. The van der Waals surface area contributed by atoms with Gasteiger partial charge in [-0.2, -0.15) is 0 Å². The Kier molecular flexibility index (Phi) is 6.28. The van der Waals surface area contributed by atoms with Crippen LogP contribution in [0.2, 0.25) is 0 Å². The molecule has 142 valence electrons. The molecule has 2 fully saturated rings. The molecule has 3 rings (SSSR count). The second-order valence-corrected chi connectivity index (χ2v) is 7.76. The lowest BCUT2D eigenvalue weighted by Gasteiger charge is -2.29. The summed E-state index contributed by atoms with van der Waals surface area (Å²) in [4.78, 5) is 27.4. The number of hydrogen-bond donors (Lipinski definition) is 1. The first kappa shape index (κ1) is 18.9. The van der Waals surface area contributed by atoms with Crippen molar-refractivity contribution < 1.29 is 14.0 Å². The molecule has 1 saturated carbocycles. The molecule has 2 amide bonds. The zero-order chi connectivity index (χ0) is 18.5. The zero-order valence-corrected chi connectivity index (χ0v) is 15.5. The Balaban J connectivity index is 1.58. The summed E-state index contributed by atoms with van der Waals surface area (Å²) in [6.07, 6.45) is 7.87. The molecule has 0 spiro atoms. The smallest absolute Gasteiger partial charge is 0.243 e. The number of nitrogens with zero attached hydrogens (tertiary/aromatic N) is 1. The Hall–Kier alpha value is -1.91. The summed E-state index contributed by atoms with van der Waals surface area (Å²) in [5.41, 5.74) is 0.939. The third-order valence-electron chi connectivity index (χ3n) is 5.67. The average Bonchev–Trinajstić information content (AvgIpc) is 3.13. The van der Waals surface area contributed by atoms with Gasteiger partial charge in [-0.25, -0.2) is 4.39 Å². The maximum absolute atomic E-state index is 13.0. The van der Waals surface area contributed by atoms with Crippen LogP contribution in [-0.4, -0.2) is 35.3 Å². The molecule has 1 aliphatic heterocycles. The molecular weight excluding hydrogens is 331 g/mol. The minimum absolute atomic E-state index is 0.0109. The Morgan fingerprint density at radius 2 is 1.81 bits per heavy atom. The van der Waals surface area contributed by atoms with Crippen molar-refractivity contribution in [3.8, 4) is 0 Å². The van der Waals surface area contributed by atoms with Gasteiger partial charge in [-0.05, 0) is 49.8 Å². The van der Waals surface area contributed by atoms with Crippen molar-refractivity contribution in [1.29, 1.82) is 0 Å². The van der Waals surface area contributed by atoms with Crippen molar-refractivity contribution in [2.24, 2.45) is 5.92 Å². The van der Waals surface area contributed by atoms with E-state index in [1.165, 1.54) is 31.4 Å². The number of rotatable bonds is 5. The lowest BCUT2D eigenvalue weighted by atomic mass is 9.95. The second kappa shape index (κ2) is 8.65. The largest absolute Gasteiger partial charge is 0.352 e. The molecule has 4 nitrogen and oxygen atoms in total. The maximum Gasteiger partial charge on any atom is 0.243 e. The highest BCUT2D eigenvalue weighted by molar-refractivity contribution is 5.89. The Morgan fingerprint density at radius 1 is 1.12 bits per heavy atom. The van der Waals surface area contributed by atoms with Gasteiger partial charge in [-0.1, -0.05) is 38.3 Å². The quantitative estimate of drug-likeness (QED) is 0.874. The van der Waals surface area contributed by atoms with Gasteiger partial charge in [0.1, 0.15) is 11.9 Å². The van der Waals surface area contributed by atoms with Crippen molar-refractivity contribution in [3.63, 3.8) is 0 Å². The fourth-order valence-corrected chi connectivity index (χ4v) is 4.19. The molecule has 2 aliphatic rings. The average molecular weight is 360 g/mol. The fourth-order valence-electron chi connectivity index (χ4n) is 4.19. The minimum Gasteiger partial charge on any atom is -0.352 e. The van der Waals surface area contributed by atoms with Crippen LogP contribution in [0.25, 0.3) is 0 Å². The highest BCUT2D eigenvalue weighted by Gasteiger charge is 2.36. The van der Waals surface area contributed by atoms with Gasteiger partial charge in [0.05, 0.1) is 0 Å². The number of hydrogen-bond acceptors (Lipinski definition) is 2. The molecule has 1 aromatic carbocycles. The van der Waals surface area contributed by atoms with E-state index in [1.54, 1.807) is 17.0 Å². The van der Waals surface area contributed by atoms with Gasteiger partial charge in [0.2, 0.25) is 11.8 Å². The highest BCUT2D eigenvalue weighted by Crippen LogP contribution is 2.23. The van der Waals surface area contributed by atoms with E-state index < -0.39 is 0 Å². The molecule has 1 heterocycles. The van der Waals surface area contributed by atoms with Crippen molar-refractivity contribution >= 4 is 11.8 Å².